The lowest BCUT2D eigenvalue weighted by atomic mass is 9.79. The third-order valence-corrected chi connectivity index (χ3v) is 4.52. The summed E-state index contributed by atoms with van der Waals surface area (Å²) in [5.41, 5.74) is 1.97. The molecule has 0 radical (unpaired) electrons. The molecule has 0 aliphatic carbocycles. The molecule has 2 aromatic rings. The van der Waals surface area contributed by atoms with Crippen molar-refractivity contribution in [2.45, 2.75) is 13.8 Å². The third-order valence-electron chi connectivity index (χ3n) is 3.66. The second-order valence-corrected chi connectivity index (χ2v) is 6.99. The molecule has 0 amide bonds. The van der Waals surface area contributed by atoms with Crippen molar-refractivity contribution in [1.82, 2.24) is 0 Å². The van der Waals surface area contributed by atoms with E-state index in [-0.39, 0.29) is 7.12 Å². The largest absolute Gasteiger partial charge is 0.494 e. The highest BCUT2D eigenvalue weighted by atomic mass is 35.5. The smallest absolute Gasteiger partial charge is 0.490 e. The number of benzene rings is 2. The summed E-state index contributed by atoms with van der Waals surface area (Å²) in [6, 6.07) is 11.3. The average molecular weight is 441 g/mol. The zero-order valence-corrected chi connectivity index (χ0v) is 18.3. The SMILES string of the molecule is CC=CS.Cc1cc(Cl)c(OCCOc2ccc(B3OCCO3)cc2)c(Cl)c1. The van der Waals surface area contributed by atoms with Crippen LogP contribution in [0.25, 0.3) is 0 Å². The van der Waals surface area contributed by atoms with E-state index in [1.54, 1.807) is 5.41 Å². The first-order valence-corrected chi connectivity index (χ1v) is 10.1. The zero-order valence-electron chi connectivity index (χ0n) is 15.9. The molecule has 1 aliphatic heterocycles. The van der Waals surface area contributed by atoms with Crippen LogP contribution in [0.1, 0.15) is 12.5 Å². The fourth-order valence-corrected chi connectivity index (χ4v) is 3.11. The van der Waals surface area contributed by atoms with Crippen LogP contribution in [0.3, 0.4) is 0 Å². The number of halogens is 2. The summed E-state index contributed by atoms with van der Waals surface area (Å²) in [6.45, 7) is 5.84. The minimum Gasteiger partial charge on any atom is -0.490 e. The molecule has 0 spiro atoms. The van der Waals surface area contributed by atoms with Gasteiger partial charge in [-0.3, -0.25) is 0 Å². The first-order valence-electron chi connectivity index (χ1n) is 8.85. The van der Waals surface area contributed by atoms with Gasteiger partial charge in [0.05, 0.1) is 23.3 Å². The molecule has 0 unspecified atom stereocenters. The van der Waals surface area contributed by atoms with E-state index in [1.165, 1.54) is 0 Å². The van der Waals surface area contributed by atoms with E-state index in [2.05, 4.69) is 12.6 Å². The van der Waals surface area contributed by atoms with Crippen molar-refractivity contribution in [3.63, 3.8) is 0 Å². The van der Waals surface area contributed by atoms with Crippen molar-refractivity contribution >= 4 is 48.4 Å². The van der Waals surface area contributed by atoms with Crippen molar-refractivity contribution in [3.8, 4) is 11.5 Å². The number of ether oxygens (including phenoxy) is 2. The van der Waals surface area contributed by atoms with Crippen LogP contribution in [0.5, 0.6) is 11.5 Å². The van der Waals surface area contributed by atoms with Gasteiger partial charge in [0.2, 0.25) is 0 Å². The molecule has 0 N–H and O–H groups in total. The maximum atomic E-state index is 6.14. The van der Waals surface area contributed by atoms with Crippen molar-refractivity contribution in [3.05, 3.63) is 63.5 Å². The molecule has 3 rings (SSSR count). The third kappa shape index (κ3) is 7.26. The Bertz CT molecular complexity index is 738. The van der Waals surface area contributed by atoms with Crippen LogP contribution in [0, 0.1) is 6.92 Å². The fourth-order valence-electron chi connectivity index (χ4n) is 2.40. The number of hydrogen-bond donors (Lipinski definition) is 1. The minimum absolute atomic E-state index is 0.270. The number of aryl methyl sites for hydroxylation is 1. The van der Waals surface area contributed by atoms with Crippen LogP contribution in [0.4, 0.5) is 0 Å². The Morgan fingerprint density at radius 2 is 1.57 bits per heavy atom. The highest BCUT2D eigenvalue weighted by Gasteiger charge is 2.25. The Morgan fingerprint density at radius 3 is 2.11 bits per heavy atom. The summed E-state index contributed by atoms with van der Waals surface area (Å²) < 4.78 is 22.2. The Labute approximate surface area is 182 Å². The second kappa shape index (κ2) is 12.3. The number of allylic oxidation sites excluding steroid dienone is 1. The lowest BCUT2D eigenvalue weighted by Gasteiger charge is -2.12. The molecular weight excluding hydrogens is 418 g/mol. The van der Waals surface area contributed by atoms with Crippen molar-refractivity contribution in [1.29, 1.82) is 0 Å². The first-order chi connectivity index (χ1) is 13.5. The van der Waals surface area contributed by atoms with Crippen LogP contribution in [0.15, 0.2) is 47.9 Å². The highest BCUT2D eigenvalue weighted by molar-refractivity contribution is 7.83. The Morgan fingerprint density at radius 1 is 1.04 bits per heavy atom. The van der Waals surface area contributed by atoms with Crippen molar-refractivity contribution in [2.75, 3.05) is 26.4 Å². The van der Waals surface area contributed by atoms with Gasteiger partial charge < -0.3 is 18.8 Å². The lowest BCUT2D eigenvalue weighted by molar-refractivity contribution is 0.217. The van der Waals surface area contributed by atoms with Crippen LogP contribution >= 0.6 is 35.8 Å². The minimum atomic E-state index is -0.270. The molecule has 0 saturated carbocycles. The first kappa shape index (κ1) is 23.0. The quantitative estimate of drug-likeness (QED) is 0.391. The monoisotopic (exact) mass is 440 g/mol. The molecule has 4 nitrogen and oxygen atoms in total. The summed E-state index contributed by atoms with van der Waals surface area (Å²) in [5.74, 6) is 1.24. The van der Waals surface area contributed by atoms with E-state index in [1.807, 2.05) is 56.3 Å². The molecule has 0 aromatic heterocycles. The molecule has 1 aliphatic rings. The van der Waals surface area contributed by atoms with Gasteiger partial charge in [-0.05, 0) is 54.5 Å². The van der Waals surface area contributed by atoms with Gasteiger partial charge in [-0.2, -0.15) is 12.6 Å². The van der Waals surface area contributed by atoms with E-state index in [4.69, 9.17) is 42.0 Å². The topological polar surface area (TPSA) is 36.9 Å². The zero-order chi connectivity index (χ0) is 20.4. The predicted octanol–water partition coefficient (Wildman–Crippen LogP) is 4.95. The Balaban J connectivity index is 0.000000640. The Hall–Kier alpha value is -1.31. The van der Waals surface area contributed by atoms with Gasteiger partial charge in [0, 0.05) is 0 Å². The standard InChI is InChI=1S/C17H17BCl2O4.C3H6S/c1-12-10-15(19)17(16(20)11-12)22-7-6-21-14-4-2-13(3-5-14)18-23-8-9-24-18;1-2-3-4/h2-5,10-11H,6-9H2,1H3;2-4H,1H3. The molecular formula is C20H23BCl2O4S. The molecule has 1 saturated heterocycles. The molecule has 1 heterocycles. The van der Waals surface area contributed by atoms with Gasteiger partial charge in [0.1, 0.15) is 19.0 Å². The van der Waals surface area contributed by atoms with Gasteiger partial charge in [0.15, 0.2) is 5.75 Å². The molecule has 0 atom stereocenters. The predicted molar refractivity (Wildman–Crippen MR) is 120 cm³/mol. The van der Waals surface area contributed by atoms with Crippen LogP contribution < -0.4 is 14.9 Å². The lowest BCUT2D eigenvalue weighted by Crippen LogP contribution is -2.31. The highest BCUT2D eigenvalue weighted by Crippen LogP contribution is 2.33. The van der Waals surface area contributed by atoms with Crippen LogP contribution in [0.2, 0.25) is 10.0 Å². The van der Waals surface area contributed by atoms with E-state index in [9.17, 15) is 0 Å². The van der Waals surface area contributed by atoms with Crippen LogP contribution in [-0.4, -0.2) is 33.5 Å². The molecule has 0 bridgehead atoms. The van der Waals surface area contributed by atoms with Gasteiger partial charge in [-0.15, -0.1) is 0 Å². The summed E-state index contributed by atoms with van der Waals surface area (Å²) in [7, 11) is -0.270. The van der Waals surface area contributed by atoms with Crippen LogP contribution in [-0.2, 0) is 9.31 Å². The summed E-state index contributed by atoms with van der Waals surface area (Å²) >= 11 is 16.0. The second-order valence-electron chi connectivity index (χ2n) is 5.88. The molecule has 150 valence electrons. The van der Waals surface area contributed by atoms with Crippen molar-refractivity contribution in [2.24, 2.45) is 0 Å². The maximum absolute atomic E-state index is 6.14. The summed E-state index contributed by atoms with van der Waals surface area (Å²) in [4.78, 5) is 0. The molecule has 28 heavy (non-hydrogen) atoms. The van der Waals surface area contributed by atoms with Gasteiger partial charge in [-0.25, -0.2) is 0 Å². The normalized spacial score (nSPS) is 13.4. The number of hydrogen-bond acceptors (Lipinski definition) is 5. The Kier molecular flexibility index (Phi) is 10.1. The van der Waals surface area contributed by atoms with E-state index in [0.717, 1.165) is 16.8 Å². The molecule has 8 heteroatoms. The summed E-state index contributed by atoms with van der Waals surface area (Å²) in [6.07, 6.45) is 1.86. The summed E-state index contributed by atoms with van der Waals surface area (Å²) in [5, 5.41) is 2.70. The van der Waals surface area contributed by atoms with Gasteiger partial charge in [0.25, 0.3) is 0 Å². The molecule has 2 aromatic carbocycles. The maximum Gasteiger partial charge on any atom is 0.494 e. The van der Waals surface area contributed by atoms with E-state index in [0.29, 0.717) is 42.2 Å². The van der Waals surface area contributed by atoms with Crippen molar-refractivity contribution < 1.29 is 18.8 Å². The van der Waals surface area contributed by atoms with Gasteiger partial charge >= 0.3 is 7.12 Å². The number of rotatable bonds is 6. The fraction of sp³-hybridized carbons (Fsp3) is 0.300. The van der Waals surface area contributed by atoms with Gasteiger partial charge in [-0.1, -0.05) is 41.4 Å². The molecule has 1 fully saturated rings. The average Bonchev–Trinajstić information content (AvgIpc) is 3.22. The van der Waals surface area contributed by atoms with E-state index >= 15 is 0 Å². The van der Waals surface area contributed by atoms with E-state index < -0.39 is 0 Å². The number of thiol groups is 1.